The van der Waals surface area contributed by atoms with E-state index in [9.17, 15) is 14.9 Å². The number of rotatable bonds is 3. The van der Waals surface area contributed by atoms with Gasteiger partial charge in [-0.05, 0) is 25.8 Å². The van der Waals surface area contributed by atoms with Gasteiger partial charge in [0.05, 0.1) is 9.93 Å². The van der Waals surface area contributed by atoms with Crippen molar-refractivity contribution in [3.63, 3.8) is 0 Å². The van der Waals surface area contributed by atoms with Crippen molar-refractivity contribution < 1.29 is 9.72 Å². The number of carbonyl (C=O) groups is 1. The fourth-order valence-corrected chi connectivity index (χ4v) is 3.77. The molecule has 120 valence electrons. The van der Waals surface area contributed by atoms with E-state index in [2.05, 4.69) is 4.98 Å². The minimum absolute atomic E-state index is 0.0519. The van der Waals surface area contributed by atoms with Crippen LogP contribution in [0.15, 0.2) is 30.5 Å². The third-order valence-corrected chi connectivity index (χ3v) is 5.15. The lowest BCUT2D eigenvalue weighted by Gasteiger charge is -2.31. The SMILES string of the molecule is Cc1cnc(C2CCN(C(=O)c3cccc([N+](=O)[O-])c3)CC2)s1. The van der Waals surface area contributed by atoms with Gasteiger partial charge in [0, 0.05) is 47.8 Å². The van der Waals surface area contributed by atoms with Crippen molar-refractivity contribution in [2.45, 2.75) is 25.7 Å². The van der Waals surface area contributed by atoms with Gasteiger partial charge in [-0.15, -0.1) is 11.3 Å². The van der Waals surface area contributed by atoms with Gasteiger partial charge in [-0.3, -0.25) is 14.9 Å². The quantitative estimate of drug-likeness (QED) is 0.638. The molecule has 7 heteroatoms. The monoisotopic (exact) mass is 331 g/mol. The van der Waals surface area contributed by atoms with Crippen molar-refractivity contribution in [3.05, 3.63) is 56.0 Å². The number of hydrogen-bond acceptors (Lipinski definition) is 5. The van der Waals surface area contributed by atoms with Gasteiger partial charge in [0.25, 0.3) is 11.6 Å². The third kappa shape index (κ3) is 3.39. The molecule has 1 fully saturated rings. The summed E-state index contributed by atoms with van der Waals surface area (Å²) in [7, 11) is 0. The van der Waals surface area contributed by atoms with Crippen LogP contribution < -0.4 is 0 Å². The summed E-state index contributed by atoms with van der Waals surface area (Å²) in [6.45, 7) is 3.36. The molecule has 0 saturated carbocycles. The average Bonchev–Trinajstić information content (AvgIpc) is 3.01. The van der Waals surface area contributed by atoms with E-state index in [1.807, 2.05) is 13.1 Å². The molecule has 1 aliphatic heterocycles. The summed E-state index contributed by atoms with van der Waals surface area (Å²) in [5, 5.41) is 12.0. The van der Waals surface area contributed by atoms with Gasteiger partial charge in [0.1, 0.15) is 0 Å². The highest BCUT2D eigenvalue weighted by molar-refractivity contribution is 7.11. The van der Waals surface area contributed by atoms with Gasteiger partial charge in [-0.2, -0.15) is 0 Å². The summed E-state index contributed by atoms with van der Waals surface area (Å²) < 4.78 is 0. The molecular formula is C16H17N3O3S. The molecular weight excluding hydrogens is 314 g/mol. The number of piperidine rings is 1. The Bertz CT molecular complexity index is 736. The second-order valence-corrected chi connectivity index (χ2v) is 6.95. The van der Waals surface area contributed by atoms with Crippen LogP contribution in [-0.4, -0.2) is 33.8 Å². The van der Waals surface area contributed by atoms with Crippen molar-refractivity contribution in [1.29, 1.82) is 0 Å². The van der Waals surface area contributed by atoms with Crippen LogP contribution >= 0.6 is 11.3 Å². The van der Waals surface area contributed by atoms with E-state index in [4.69, 9.17) is 0 Å². The minimum atomic E-state index is -0.478. The lowest BCUT2D eigenvalue weighted by Crippen LogP contribution is -2.37. The number of hydrogen-bond donors (Lipinski definition) is 0. The number of nitrogens with zero attached hydrogens (tertiary/aromatic N) is 3. The molecule has 1 aromatic heterocycles. The predicted molar refractivity (Wildman–Crippen MR) is 87.8 cm³/mol. The van der Waals surface area contributed by atoms with E-state index in [0.717, 1.165) is 17.8 Å². The van der Waals surface area contributed by atoms with Gasteiger partial charge in [0.15, 0.2) is 0 Å². The Balaban J connectivity index is 1.66. The van der Waals surface area contributed by atoms with E-state index < -0.39 is 4.92 Å². The van der Waals surface area contributed by atoms with E-state index in [-0.39, 0.29) is 11.6 Å². The van der Waals surface area contributed by atoms with Crippen LogP contribution in [0.1, 0.15) is 39.0 Å². The standard InChI is InChI=1S/C16H17N3O3S/c1-11-10-17-15(23-11)12-5-7-18(8-6-12)16(20)13-3-2-4-14(9-13)19(21)22/h2-4,9-10,12H,5-8H2,1H3. The topological polar surface area (TPSA) is 76.3 Å². The van der Waals surface area contributed by atoms with Crippen LogP contribution in [0.3, 0.4) is 0 Å². The molecule has 0 aliphatic carbocycles. The van der Waals surface area contributed by atoms with Crippen molar-refractivity contribution in [2.75, 3.05) is 13.1 Å². The van der Waals surface area contributed by atoms with Crippen LogP contribution in [0.25, 0.3) is 0 Å². The summed E-state index contributed by atoms with van der Waals surface area (Å²) in [5.41, 5.74) is 0.326. The highest BCUT2D eigenvalue weighted by atomic mass is 32.1. The zero-order valence-corrected chi connectivity index (χ0v) is 13.6. The molecule has 0 spiro atoms. The molecule has 0 unspecified atom stereocenters. The molecule has 6 nitrogen and oxygen atoms in total. The molecule has 23 heavy (non-hydrogen) atoms. The number of benzene rings is 1. The summed E-state index contributed by atoms with van der Waals surface area (Å²) >= 11 is 1.72. The van der Waals surface area contributed by atoms with Crippen LogP contribution in [0, 0.1) is 17.0 Å². The largest absolute Gasteiger partial charge is 0.339 e. The Morgan fingerprint density at radius 1 is 1.39 bits per heavy atom. The van der Waals surface area contributed by atoms with E-state index in [1.165, 1.54) is 17.0 Å². The first-order chi connectivity index (χ1) is 11.0. The van der Waals surface area contributed by atoms with Crippen molar-refractivity contribution in [1.82, 2.24) is 9.88 Å². The molecule has 0 bridgehead atoms. The van der Waals surface area contributed by atoms with Gasteiger partial charge in [-0.25, -0.2) is 4.98 Å². The highest BCUT2D eigenvalue weighted by Crippen LogP contribution is 2.31. The number of aryl methyl sites for hydroxylation is 1. The maximum absolute atomic E-state index is 12.5. The molecule has 1 aliphatic rings. The van der Waals surface area contributed by atoms with Crippen molar-refractivity contribution in [3.8, 4) is 0 Å². The Morgan fingerprint density at radius 3 is 2.74 bits per heavy atom. The number of carbonyl (C=O) groups excluding carboxylic acids is 1. The lowest BCUT2D eigenvalue weighted by molar-refractivity contribution is -0.384. The Hall–Kier alpha value is -2.28. The van der Waals surface area contributed by atoms with Crippen LogP contribution in [0.2, 0.25) is 0 Å². The first kappa shape index (κ1) is 15.6. The number of likely N-dealkylation sites (tertiary alicyclic amines) is 1. The Morgan fingerprint density at radius 2 is 2.13 bits per heavy atom. The molecule has 1 saturated heterocycles. The molecule has 1 amide bonds. The van der Waals surface area contributed by atoms with Gasteiger partial charge < -0.3 is 4.90 Å². The van der Waals surface area contributed by atoms with Crippen LogP contribution in [0.5, 0.6) is 0 Å². The molecule has 0 N–H and O–H groups in total. The van der Waals surface area contributed by atoms with Crippen LogP contribution in [-0.2, 0) is 0 Å². The minimum Gasteiger partial charge on any atom is -0.339 e. The number of nitro groups is 1. The normalized spacial score (nSPS) is 15.6. The average molecular weight is 331 g/mol. The van der Waals surface area contributed by atoms with Gasteiger partial charge in [-0.1, -0.05) is 6.07 Å². The fraction of sp³-hybridized carbons (Fsp3) is 0.375. The number of thiazole rings is 1. The first-order valence-electron chi connectivity index (χ1n) is 7.50. The fourth-order valence-electron chi connectivity index (χ4n) is 2.83. The first-order valence-corrected chi connectivity index (χ1v) is 8.32. The second kappa shape index (κ2) is 6.45. The Labute approximate surface area is 137 Å². The molecule has 2 heterocycles. The van der Waals surface area contributed by atoms with E-state index >= 15 is 0 Å². The lowest BCUT2D eigenvalue weighted by atomic mass is 9.97. The summed E-state index contributed by atoms with van der Waals surface area (Å²) in [4.78, 5) is 30.3. The van der Waals surface area contributed by atoms with Crippen molar-refractivity contribution >= 4 is 22.9 Å². The molecule has 1 aromatic carbocycles. The summed E-state index contributed by atoms with van der Waals surface area (Å²) in [5.74, 6) is 0.269. The molecule has 2 aromatic rings. The Kier molecular flexibility index (Phi) is 4.38. The third-order valence-electron chi connectivity index (χ3n) is 4.07. The maximum Gasteiger partial charge on any atom is 0.270 e. The maximum atomic E-state index is 12.5. The summed E-state index contributed by atoms with van der Waals surface area (Å²) in [6.07, 6.45) is 3.65. The molecule has 0 atom stereocenters. The molecule has 3 rings (SSSR count). The predicted octanol–water partition coefficient (Wildman–Crippen LogP) is 3.38. The van der Waals surface area contributed by atoms with E-state index in [0.29, 0.717) is 24.6 Å². The van der Waals surface area contributed by atoms with Crippen molar-refractivity contribution in [2.24, 2.45) is 0 Å². The number of amides is 1. The summed E-state index contributed by atoms with van der Waals surface area (Å²) in [6, 6.07) is 5.93. The molecule has 0 radical (unpaired) electrons. The zero-order valence-electron chi connectivity index (χ0n) is 12.8. The number of aromatic nitrogens is 1. The smallest absolute Gasteiger partial charge is 0.270 e. The zero-order chi connectivity index (χ0) is 16.4. The second-order valence-electron chi connectivity index (χ2n) is 5.68. The van der Waals surface area contributed by atoms with Gasteiger partial charge in [0.2, 0.25) is 0 Å². The van der Waals surface area contributed by atoms with E-state index in [1.54, 1.807) is 28.4 Å². The van der Waals surface area contributed by atoms with Crippen LogP contribution in [0.4, 0.5) is 5.69 Å². The van der Waals surface area contributed by atoms with Gasteiger partial charge >= 0.3 is 0 Å². The number of non-ortho nitro benzene ring substituents is 1. The highest BCUT2D eigenvalue weighted by Gasteiger charge is 2.26. The number of nitro benzene ring substituents is 1.